The van der Waals surface area contributed by atoms with Gasteiger partial charge >= 0.3 is 0 Å². The van der Waals surface area contributed by atoms with E-state index in [1.165, 1.54) is 27.1 Å². The van der Waals surface area contributed by atoms with E-state index in [9.17, 15) is 0 Å². The third-order valence-corrected chi connectivity index (χ3v) is 3.31. The third kappa shape index (κ3) is 1.77. The molecule has 3 aromatic carbocycles. The zero-order valence-corrected chi connectivity index (χ0v) is 10.8. The lowest BCUT2D eigenvalue weighted by Gasteiger charge is -2.06. The average Bonchev–Trinajstić information content (AvgIpc) is 2.39. The Morgan fingerprint density at radius 1 is 0.765 bits per heavy atom. The fourth-order valence-electron chi connectivity index (χ4n) is 2.30. The zero-order valence-electron chi connectivity index (χ0n) is 9.23. The van der Waals surface area contributed by atoms with Crippen molar-refractivity contribution in [1.29, 1.82) is 0 Å². The molecule has 3 rings (SSSR count). The van der Waals surface area contributed by atoms with Gasteiger partial charge in [0.05, 0.1) is 0 Å². The van der Waals surface area contributed by atoms with Crippen LogP contribution in [0, 0.1) is 0 Å². The third-order valence-electron chi connectivity index (χ3n) is 3.04. The van der Waals surface area contributed by atoms with Crippen molar-refractivity contribution in [3.63, 3.8) is 0 Å². The van der Waals surface area contributed by atoms with Gasteiger partial charge in [-0.3, -0.25) is 0 Å². The number of halogens is 1. The fraction of sp³-hybridized carbons (Fsp3) is 0. The molecule has 0 aliphatic carbocycles. The molecule has 3 aromatic rings. The molecular weight excluding hydrogens is 272 g/mol. The summed E-state index contributed by atoms with van der Waals surface area (Å²) in [5.41, 5.74) is 1.25. The quantitative estimate of drug-likeness (QED) is 0.527. The second-order valence-corrected chi connectivity index (χ2v) is 4.55. The minimum Gasteiger partial charge on any atom is -0.0616 e. The van der Waals surface area contributed by atoms with E-state index in [0.29, 0.717) is 0 Å². The highest BCUT2D eigenvalue weighted by molar-refractivity contribution is 9.11. The van der Waals surface area contributed by atoms with Gasteiger partial charge in [0, 0.05) is 0 Å². The van der Waals surface area contributed by atoms with Crippen molar-refractivity contribution in [2.75, 3.05) is 0 Å². The highest BCUT2D eigenvalue weighted by Gasteiger charge is 2.02. The van der Waals surface area contributed by atoms with Crippen LogP contribution in [0.1, 0.15) is 5.56 Å². The maximum absolute atomic E-state index is 3.36. The molecule has 0 amide bonds. The van der Waals surface area contributed by atoms with Crippen LogP contribution < -0.4 is 0 Å². The molecule has 0 aromatic heterocycles. The van der Waals surface area contributed by atoms with E-state index < -0.39 is 0 Å². The number of rotatable bonds is 1. The van der Waals surface area contributed by atoms with Crippen LogP contribution in [-0.4, -0.2) is 0 Å². The zero-order chi connectivity index (χ0) is 11.7. The first kappa shape index (κ1) is 10.5. The van der Waals surface area contributed by atoms with Gasteiger partial charge in [-0.25, -0.2) is 0 Å². The van der Waals surface area contributed by atoms with Gasteiger partial charge in [-0.05, 0) is 38.2 Å². The van der Waals surface area contributed by atoms with Crippen molar-refractivity contribution in [2.24, 2.45) is 0 Å². The minimum absolute atomic E-state index is 1.25. The molecule has 0 heterocycles. The first-order valence-corrected chi connectivity index (χ1v) is 6.49. The van der Waals surface area contributed by atoms with Crippen LogP contribution in [0.5, 0.6) is 0 Å². The summed E-state index contributed by atoms with van der Waals surface area (Å²) in [5.74, 6) is 0. The molecule has 0 N–H and O–H groups in total. The van der Waals surface area contributed by atoms with E-state index in [1.807, 2.05) is 4.99 Å². The van der Waals surface area contributed by atoms with Crippen LogP contribution in [-0.2, 0) is 0 Å². The van der Waals surface area contributed by atoms with E-state index in [1.54, 1.807) is 0 Å². The minimum atomic E-state index is 1.25. The predicted molar refractivity (Wildman–Crippen MR) is 79.4 cm³/mol. The topological polar surface area (TPSA) is 0 Å². The van der Waals surface area contributed by atoms with Crippen LogP contribution in [0.3, 0.4) is 0 Å². The number of fused-ring (bicyclic) bond motifs is 3. The summed E-state index contributed by atoms with van der Waals surface area (Å²) in [6, 6.07) is 19.3. The Labute approximate surface area is 109 Å². The smallest absolute Gasteiger partial charge is 0.00327 e. The highest BCUT2D eigenvalue weighted by Crippen LogP contribution is 2.29. The molecule has 0 saturated carbocycles. The summed E-state index contributed by atoms with van der Waals surface area (Å²) in [4.78, 5) is 1.91. The average molecular weight is 283 g/mol. The van der Waals surface area contributed by atoms with Gasteiger partial charge in [0.2, 0.25) is 0 Å². The first-order chi connectivity index (χ1) is 8.40. The molecule has 17 heavy (non-hydrogen) atoms. The standard InChI is InChI=1S/C16H11Br/c17-11-10-14-6-3-5-13-9-8-12-4-1-2-7-15(12)16(13)14/h1-11H/b11-10+. The molecule has 0 aliphatic heterocycles. The molecule has 0 atom stereocenters. The molecular formula is C16H11Br. The van der Waals surface area contributed by atoms with Crippen molar-refractivity contribution in [3.05, 3.63) is 65.1 Å². The molecule has 0 saturated heterocycles. The van der Waals surface area contributed by atoms with E-state index in [0.717, 1.165) is 0 Å². The van der Waals surface area contributed by atoms with Gasteiger partial charge in [0.25, 0.3) is 0 Å². The normalized spacial score (nSPS) is 11.6. The summed E-state index contributed by atoms with van der Waals surface area (Å²) in [5, 5.41) is 5.20. The number of hydrogen-bond acceptors (Lipinski definition) is 0. The number of hydrogen-bond donors (Lipinski definition) is 0. The molecule has 0 unspecified atom stereocenters. The molecule has 0 nitrogen and oxygen atoms in total. The Balaban J connectivity index is 2.54. The molecule has 82 valence electrons. The summed E-state index contributed by atoms with van der Waals surface area (Å²) >= 11 is 3.36. The fourth-order valence-corrected chi connectivity index (χ4v) is 2.58. The van der Waals surface area contributed by atoms with Gasteiger partial charge in [-0.15, -0.1) is 0 Å². The van der Waals surface area contributed by atoms with Crippen molar-refractivity contribution < 1.29 is 0 Å². The highest BCUT2D eigenvalue weighted by atomic mass is 79.9. The molecule has 0 aliphatic rings. The lowest BCUT2D eigenvalue weighted by atomic mass is 9.98. The van der Waals surface area contributed by atoms with Crippen molar-refractivity contribution in [1.82, 2.24) is 0 Å². The van der Waals surface area contributed by atoms with Gasteiger partial charge in [-0.2, -0.15) is 0 Å². The van der Waals surface area contributed by atoms with Gasteiger partial charge < -0.3 is 0 Å². The second-order valence-electron chi connectivity index (χ2n) is 4.02. The monoisotopic (exact) mass is 282 g/mol. The van der Waals surface area contributed by atoms with Crippen LogP contribution in [0.25, 0.3) is 27.6 Å². The second kappa shape index (κ2) is 4.34. The molecule has 0 fully saturated rings. The lowest BCUT2D eigenvalue weighted by molar-refractivity contribution is 1.73. The van der Waals surface area contributed by atoms with E-state index in [4.69, 9.17) is 0 Å². The SMILES string of the molecule is Br/C=C/c1cccc2ccc3ccccc3c12. The Morgan fingerprint density at radius 3 is 2.41 bits per heavy atom. The van der Waals surface area contributed by atoms with E-state index in [2.05, 4.69) is 76.6 Å². The Bertz CT molecular complexity index is 711. The van der Waals surface area contributed by atoms with Crippen molar-refractivity contribution >= 4 is 43.6 Å². The molecule has 1 heteroatoms. The Morgan fingerprint density at radius 2 is 1.53 bits per heavy atom. The van der Waals surface area contributed by atoms with Crippen LogP contribution in [0.15, 0.2) is 59.6 Å². The van der Waals surface area contributed by atoms with Gasteiger partial charge in [0.1, 0.15) is 0 Å². The summed E-state index contributed by atoms with van der Waals surface area (Å²) < 4.78 is 0. The van der Waals surface area contributed by atoms with Crippen LogP contribution >= 0.6 is 15.9 Å². The Kier molecular flexibility index (Phi) is 2.69. The first-order valence-electron chi connectivity index (χ1n) is 5.57. The largest absolute Gasteiger partial charge is 0.0616 e. The molecule has 0 spiro atoms. The number of benzene rings is 3. The maximum atomic E-state index is 3.36. The van der Waals surface area contributed by atoms with Crippen molar-refractivity contribution in [3.8, 4) is 0 Å². The molecule has 0 bridgehead atoms. The van der Waals surface area contributed by atoms with Crippen LogP contribution in [0.4, 0.5) is 0 Å². The summed E-state index contributed by atoms with van der Waals surface area (Å²) in [6.07, 6.45) is 2.09. The predicted octanol–water partition coefficient (Wildman–Crippen LogP) is 5.36. The summed E-state index contributed by atoms with van der Waals surface area (Å²) in [7, 11) is 0. The van der Waals surface area contributed by atoms with E-state index >= 15 is 0 Å². The van der Waals surface area contributed by atoms with Gasteiger partial charge in [0.15, 0.2) is 0 Å². The summed E-state index contributed by atoms with van der Waals surface area (Å²) in [6.45, 7) is 0. The maximum Gasteiger partial charge on any atom is -0.00327 e. The van der Waals surface area contributed by atoms with Gasteiger partial charge in [-0.1, -0.05) is 70.5 Å². The van der Waals surface area contributed by atoms with Crippen LogP contribution in [0.2, 0.25) is 0 Å². The molecule has 0 radical (unpaired) electrons. The van der Waals surface area contributed by atoms with E-state index in [-0.39, 0.29) is 0 Å². The van der Waals surface area contributed by atoms with Crippen molar-refractivity contribution in [2.45, 2.75) is 0 Å². The lowest BCUT2D eigenvalue weighted by Crippen LogP contribution is -1.81. The Hall–Kier alpha value is -1.60.